The van der Waals surface area contributed by atoms with Gasteiger partial charge >= 0.3 is 0 Å². The molecule has 2 aromatic carbocycles. The van der Waals surface area contributed by atoms with E-state index in [9.17, 15) is 0 Å². The zero-order valence-corrected chi connectivity index (χ0v) is 16.0. The van der Waals surface area contributed by atoms with E-state index in [1.54, 1.807) is 11.0 Å². The van der Waals surface area contributed by atoms with Crippen LogP contribution >= 0.6 is 28.3 Å². The Hall–Kier alpha value is -1.69. The topological polar surface area (TPSA) is 42.7 Å². The van der Waals surface area contributed by atoms with Crippen molar-refractivity contribution in [3.05, 3.63) is 76.8 Å². The van der Waals surface area contributed by atoms with E-state index in [2.05, 4.69) is 93.7 Å². The highest BCUT2D eigenvalue weighted by molar-refractivity contribution is 9.10. The van der Waals surface area contributed by atoms with Crippen LogP contribution in [0.2, 0.25) is 0 Å². The van der Waals surface area contributed by atoms with Crippen molar-refractivity contribution < 1.29 is 0 Å². The molecule has 0 unspecified atom stereocenters. The Labute approximate surface area is 156 Å². The predicted molar refractivity (Wildman–Crippen MR) is 103 cm³/mol. The molecule has 0 radical (unpaired) electrons. The molecule has 0 spiro atoms. The third-order valence-electron chi connectivity index (χ3n) is 3.92. The van der Waals surface area contributed by atoms with Gasteiger partial charge in [0.05, 0.1) is 5.69 Å². The summed E-state index contributed by atoms with van der Waals surface area (Å²) in [6, 6.07) is 16.8. The number of benzene rings is 2. The van der Waals surface area contributed by atoms with Gasteiger partial charge in [-0.15, -0.1) is 12.4 Å². The average Bonchev–Trinajstić information content (AvgIpc) is 3.08. The summed E-state index contributed by atoms with van der Waals surface area (Å²) < 4.78 is 2.85. The molecule has 0 saturated heterocycles. The molecular weight excluding hydrogens is 388 g/mol. The smallest absolute Gasteiger partial charge is 0.138 e. The Kier molecular flexibility index (Phi) is 6.15. The van der Waals surface area contributed by atoms with E-state index in [0.717, 1.165) is 16.7 Å². The third-order valence-corrected chi connectivity index (χ3v) is 4.45. The number of aromatic nitrogens is 3. The van der Waals surface area contributed by atoms with Crippen molar-refractivity contribution in [3.8, 4) is 5.69 Å². The van der Waals surface area contributed by atoms with Gasteiger partial charge in [-0.25, -0.2) is 9.67 Å². The average molecular weight is 408 g/mol. The summed E-state index contributed by atoms with van der Waals surface area (Å²) in [7, 11) is 0. The van der Waals surface area contributed by atoms with Crippen LogP contribution < -0.4 is 5.32 Å². The molecule has 126 valence electrons. The Morgan fingerprint density at radius 3 is 2.29 bits per heavy atom. The van der Waals surface area contributed by atoms with Crippen LogP contribution in [0.4, 0.5) is 0 Å². The molecule has 1 heterocycles. The van der Waals surface area contributed by atoms with E-state index in [1.807, 2.05) is 0 Å². The Bertz CT molecular complexity index is 753. The molecular formula is C18H20BrClN4. The van der Waals surface area contributed by atoms with Crippen molar-refractivity contribution in [2.24, 2.45) is 0 Å². The first-order valence-electron chi connectivity index (χ1n) is 7.50. The first kappa shape index (κ1) is 18.6. The van der Waals surface area contributed by atoms with Crippen molar-refractivity contribution >= 4 is 28.3 Å². The second kappa shape index (κ2) is 7.92. The maximum atomic E-state index is 4.13. The quantitative estimate of drug-likeness (QED) is 0.678. The highest BCUT2D eigenvalue weighted by Gasteiger charge is 2.19. The first-order valence-corrected chi connectivity index (χ1v) is 8.29. The lowest BCUT2D eigenvalue weighted by Gasteiger charge is -2.27. The lowest BCUT2D eigenvalue weighted by molar-refractivity contribution is 0.401. The van der Waals surface area contributed by atoms with Crippen LogP contribution in [-0.2, 0) is 12.1 Å². The monoisotopic (exact) mass is 406 g/mol. The second-order valence-corrected chi connectivity index (χ2v) is 6.91. The van der Waals surface area contributed by atoms with Gasteiger partial charge in [0.2, 0.25) is 0 Å². The van der Waals surface area contributed by atoms with E-state index in [-0.39, 0.29) is 17.9 Å². The zero-order valence-electron chi connectivity index (χ0n) is 13.6. The van der Waals surface area contributed by atoms with Crippen LogP contribution in [0.25, 0.3) is 5.69 Å². The maximum Gasteiger partial charge on any atom is 0.138 e. The number of hydrogen-bond donors (Lipinski definition) is 1. The van der Waals surface area contributed by atoms with Gasteiger partial charge in [-0.2, -0.15) is 5.10 Å². The Balaban J connectivity index is 0.00000208. The van der Waals surface area contributed by atoms with Crippen LogP contribution in [0.5, 0.6) is 0 Å². The largest absolute Gasteiger partial charge is 0.304 e. The highest BCUT2D eigenvalue weighted by atomic mass is 79.9. The number of halogens is 2. The molecule has 0 saturated carbocycles. The number of hydrogen-bond acceptors (Lipinski definition) is 3. The molecule has 0 aliphatic heterocycles. The molecule has 3 aromatic rings. The summed E-state index contributed by atoms with van der Waals surface area (Å²) in [5, 5.41) is 7.75. The maximum absolute atomic E-state index is 4.13. The van der Waals surface area contributed by atoms with E-state index < -0.39 is 0 Å². The minimum atomic E-state index is -0.0920. The molecule has 0 amide bonds. The van der Waals surface area contributed by atoms with Gasteiger partial charge in [0.25, 0.3) is 0 Å². The highest BCUT2D eigenvalue weighted by Crippen LogP contribution is 2.22. The van der Waals surface area contributed by atoms with Gasteiger partial charge in [-0.1, -0.05) is 40.2 Å². The molecule has 3 rings (SSSR count). The van der Waals surface area contributed by atoms with Crippen molar-refractivity contribution in [1.82, 2.24) is 20.1 Å². The fourth-order valence-corrected chi connectivity index (χ4v) is 2.66. The first-order chi connectivity index (χ1) is 11.0. The molecule has 0 fully saturated rings. The Morgan fingerprint density at radius 1 is 1.04 bits per heavy atom. The fraction of sp³-hybridized carbons (Fsp3) is 0.222. The molecule has 24 heavy (non-hydrogen) atoms. The predicted octanol–water partition coefficient (Wildman–Crippen LogP) is 4.48. The van der Waals surface area contributed by atoms with Crippen LogP contribution in [0, 0.1) is 0 Å². The molecule has 4 nitrogen and oxygen atoms in total. The van der Waals surface area contributed by atoms with Gasteiger partial charge in [0, 0.05) is 16.6 Å². The second-order valence-electron chi connectivity index (χ2n) is 5.99. The van der Waals surface area contributed by atoms with Crippen LogP contribution in [-0.4, -0.2) is 14.8 Å². The molecule has 0 aliphatic rings. The van der Waals surface area contributed by atoms with E-state index in [0.29, 0.717) is 0 Å². The minimum Gasteiger partial charge on any atom is -0.304 e. The van der Waals surface area contributed by atoms with Gasteiger partial charge in [-0.05, 0) is 49.2 Å². The van der Waals surface area contributed by atoms with Crippen molar-refractivity contribution in [1.29, 1.82) is 0 Å². The molecule has 1 aromatic heterocycles. The van der Waals surface area contributed by atoms with E-state index in [1.165, 1.54) is 17.5 Å². The molecule has 0 bridgehead atoms. The summed E-state index contributed by atoms with van der Waals surface area (Å²) in [5.74, 6) is 0. The summed E-state index contributed by atoms with van der Waals surface area (Å²) >= 11 is 3.48. The van der Waals surface area contributed by atoms with Gasteiger partial charge < -0.3 is 5.32 Å². The number of nitrogens with one attached hydrogen (secondary N) is 1. The van der Waals surface area contributed by atoms with Gasteiger partial charge in [0.15, 0.2) is 0 Å². The van der Waals surface area contributed by atoms with E-state index in [4.69, 9.17) is 0 Å². The normalized spacial score (nSPS) is 11.1. The van der Waals surface area contributed by atoms with Crippen LogP contribution in [0.1, 0.15) is 25.0 Å². The molecule has 6 heteroatoms. The summed E-state index contributed by atoms with van der Waals surface area (Å²) in [6.45, 7) is 5.20. The molecule has 0 atom stereocenters. The van der Waals surface area contributed by atoms with Crippen molar-refractivity contribution in [2.45, 2.75) is 25.9 Å². The molecule has 0 aliphatic carbocycles. The lowest BCUT2D eigenvalue weighted by atomic mass is 9.94. The van der Waals surface area contributed by atoms with Gasteiger partial charge in [0.1, 0.15) is 12.7 Å². The Morgan fingerprint density at radius 2 is 1.71 bits per heavy atom. The van der Waals surface area contributed by atoms with Crippen molar-refractivity contribution in [2.75, 3.05) is 0 Å². The SMILES string of the molecule is CC(C)(NCc1ccc(-n2cncn2)cc1)c1ccc(Br)cc1.Cl. The van der Waals surface area contributed by atoms with Crippen molar-refractivity contribution in [3.63, 3.8) is 0 Å². The molecule has 1 N–H and O–H groups in total. The van der Waals surface area contributed by atoms with E-state index >= 15 is 0 Å². The summed E-state index contributed by atoms with van der Waals surface area (Å²) in [5.41, 5.74) is 3.42. The third kappa shape index (κ3) is 4.44. The summed E-state index contributed by atoms with van der Waals surface area (Å²) in [6.07, 6.45) is 3.24. The van der Waals surface area contributed by atoms with Crippen LogP contribution in [0.3, 0.4) is 0 Å². The lowest BCUT2D eigenvalue weighted by Crippen LogP contribution is -2.35. The summed E-state index contributed by atoms with van der Waals surface area (Å²) in [4.78, 5) is 3.97. The number of rotatable bonds is 5. The van der Waals surface area contributed by atoms with Crippen LogP contribution in [0.15, 0.2) is 65.7 Å². The number of nitrogens with zero attached hydrogens (tertiary/aromatic N) is 3. The zero-order chi connectivity index (χ0) is 16.3. The minimum absolute atomic E-state index is 0. The van der Waals surface area contributed by atoms with Gasteiger partial charge in [-0.3, -0.25) is 0 Å². The fourth-order valence-electron chi connectivity index (χ4n) is 2.40. The standard InChI is InChI=1S/C18H19BrN4.ClH/c1-18(2,15-5-7-16(19)8-6-15)21-11-14-3-9-17(10-4-14)23-13-20-12-22-23;/h3-10,12-13,21H,11H2,1-2H3;1H.